The van der Waals surface area contributed by atoms with E-state index in [0.29, 0.717) is 23.4 Å². The quantitative estimate of drug-likeness (QED) is 0.825. The Hall–Kier alpha value is -1.22. The normalized spacial score (nSPS) is 31.0. The van der Waals surface area contributed by atoms with Crippen LogP contribution in [0.25, 0.3) is 0 Å². The summed E-state index contributed by atoms with van der Waals surface area (Å²) in [6.07, 6.45) is -0.500. The molecule has 0 unspecified atom stereocenters. The maximum absolute atomic E-state index is 12.1. The Kier molecular flexibility index (Phi) is 4.12. The van der Waals surface area contributed by atoms with Gasteiger partial charge in [-0.1, -0.05) is 11.6 Å². The zero-order valence-electron chi connectivity index (χ0n) is 11.2. The van der Waals surface area contributed by atoms with E-state index in [1.54, 1.807) is 5.38 Å². The monoisotopic (exact) mass is 331 g/mol. The number of aromatic nitrogens is 1. The zero-order chi connectivity index (χ0) is 15.0. The number of ether oxygens (including phenoxy) is 2. The molecule has 2 amide bonds. The van der Waals surface area contributed by atoms with E-state index >= 15 is 0 Å². The van der Waals surface area contributed by atoms with E-state index in [9.17, 15) is 9.59 Å². The van der Waals surface area contributed by atoms with Crippen molar-refractivity contribution in [1.29, 1.82) is 0 Å². The van der Waals surface area contributed by atoms with Gasteiger partial charge in [0.2, 0.25) is 5.91 Å². The third-order valence-corrected chi connectivity index (χ3v) is 4.59. The first-order valence-corrected chi connectivity index (χ1v) is 7.72. The van der Waals surface area contributed by atoms with Crippen LogP contribution in [0.1, 0.15) is 16.7 Å². The molecule has 114 valence electrons. The van der Waals surface area contributed by atoms with Crippen LogP contribution >= 0.6 is 22.9 Å². The van der Waals surface area contributed by atoms with Crippen molar-refractivity contribution in [3.8, 4) is 0 Å². The fraction of sp³-hybridized carbons (Fsp3) is 0.583. The molecule has 0 radical (unpaired) electrons. The highest BCUT2D eigenvalue weighted by Crippen LogP contribution is 2.27. The van der Waals surface area contributed by atoms with Crippen molar-refractivity contribution in [2.45, 2.75) is 31.2 Å². The van der Waals surface area contributed by atoms with Crippen LogP contribution in [0, 0.1) is 0 Å². The molecule has 3 rings (SSSR count). The minimum Gasteiger partial charge on any atom is -0.371 e. The average molecular weight is 332 g/mol. The van der Waals surface area contributed by atoms with Gasteiger partial charge in [0.25, 0.3) is 5.91 Å². The fourth-order valence-corrected chi connectivity index (χ4v) is 3.44. The third kappa shape index (κ3) is 3.03. The lowest BCUT2D eigenvalue weighted by atomic mass is 10.1. The smallest absolute Gasteiger partial charge is 0.280 e. The molecule has 7 nitrogen and oxygen atoms in total. The topological polar surface area (TPSA) is 89.5 Å². The second kappa shape index (κ2) is 5.88. The first-order chi connectivity index (χ1) is 10.0. The first-order valence-electron chi connectivity index (χ1n) is 6.47. The van der Waals surface area contributed by atoms with Crippen LogP contribution in [0.15, 0.2) is 5.38 Å². The van der Waals surface area contributed by atoms with Gasteiger partial charge in [-0.3, -0.25) is 9.59 Å². The lowest BCUT2D eigenvalue weighted by Gasteiger charge is -2.17. The molecule has 4 atom stereocenters. The molecule has 0 aromatic carbocycles. The Bertz CT molecular complexity index is 566. The molecule has 0 spiro atoms. The molecule has 1 aromatic rings. The highest BCUT2D eigenvalue weighted by molar-refractivity contribution is 7.12. The van der Waals surface area contributed by atoms with Crippen LogP contribution in [0.4, 0.5) is 0 Å². The van der Waals surface area contributed by atoms with Gasteiger partial charge in [0.1, 0.15) is 17.4 Å². The number of carbonyl (C=O) groups is 2. The molecule has 2 aliphatic rings. The minimum absolute atomic E-state index is 0.127. The van der Waals surface area contributed by atoms with Crippen molar-refractivity contribution >= 4 is 34.8 Å². The van der Waals surface area contributed by atoms with Gasteiger partial charge in [-0.15, -0.1) is 11.3 Å². The van der Waals surface area contributed by atoms with Gasteiger partial charge < -0.3 is 20.1 Å². The van der Waals surface area contributed by atoms with Crippen molar-refractivity contribution < 1.29 is 19.1 Å². The minimum atomic E-state index is -0.298. The molecule has 21 heavy (non-hydrogen) atoms. The lowest BCUT2D eigenvalue weighted by Crippen LogP contribution is -2.46. The Morgan fingerprint density at radius 1 is 1.29 bits per heavy atom. The summed E-state index contributed by atoms with van der Waals surface area (Å²) in [6, 6.07) is -0.437. The molecule has 0 aliphatic carbocycles. The Balaban J connectivity index is 1.61. The van der Waals surface area contributed by atoms with E-state index in [-0.39, 0.29) is 36.1 Å². The van der Waals surface area contributed by atoms with Crippen molar-refractivity contribution in [2.24, 2.45) is 0 Å². The summed E-state index contributed by atoms with van der Waals surface area (Å²) in [4.78, 5) is 27.1. The second-order valence-corrected chi connectivity index (χ2v) is 6.20. The number of thiazole rings is 1. The van der Waals surface area contributed by atoms with Gasteiger partial charge in [-0.2, -0.15) is 0 Å². The summed E-state index contributed by atoms with van der Waals surface area (Å²) in [6.45, 7) is 2.17. The Morgan fingerprint density at radius 2 is 1.90 bits per heavy atom. The standard InChI is InChI=1S/C12H14ClN3O4S/c1-5(17)14-6-2-19-10-7(3-20-9(6)10)15-11(18)12-16-8(13)4-21-12/h4,6-7,9-10H,2-3H2,1H3,(H,14,17)(H,15,18)/t6-,7-,9+,10+/m0/s1. The van der Waals surface area contributed by atoms with Crippen LogP contribution in [0.2, 0.25) is 5.15 Å². The van der Waals surface area contributed by atoms with Crippen molar-refractivity contribution in [2.75, 3.05) is 13.2 Å². The van der Waals surface area contributed by atoms with Crippen LogP contribution in [-0.2, 0) is 14.3 Å². The Labute approximate surface area is 130 Å². The summed E-state index contributed by atoms with van der Waals surface area (Å²) in [5.41, 5.74) is 0. The number of halogens is 1. The summed E-state index contributed by atoms with van der Waals surface area (Å²) in [7, 11) is 0. The van der Waals surface area contributed by atoms with Crippen molar-refractivity contribution in [3.05, 3.63) is 15.5 Å². The number of rotatable bonds is 3. The molecule has 2 saturated heterocycles. The number of fused-ring (bicyclic) bond motifs is 1. The highest BCUT2D eigenvalue weighted by Gasteiger charge is 2.48. The SMILES string of the molecule is CC(=O)N[C@H]1CO[C@H]2[C@@H]1OC[C@@H]2NC(=O)c1nc(Cl)cs1. The number of nitrogens with one attached hydrogen (secondary N) is 2. The van der Waals surface area contributed by atoms with Gasteiger partial charge in [-0.25, -0.2) is 4.98 Å². The zero-order valence-corrected chi connectivity index (χ0v) is 12.7. The number of hydrogen-bond donors (Lipinski definition) is 2. The number of amides is 2. The molecular formula is C12H14ClN3O4S. The summed E-state index contributed by atoms with van der Waals surface area (Å²) in [5, 5.41) is 7.84. The van der Waals surface area contributed by atoms with Crippen LogP contribution < -0.4 is 10.6 Å². The van der Waals surface area contributed by atoms with Gasteiger partial charge >= 0.3 is 0 Å². The maximum atomic E-state index is 12.1. The number of carbonyl (C=O) groups excluding carboxylic acids is 2. The van der Waals surface area contributed by atoms with Gasteiger partial charge in [0.15, 0.2) is 5.01 Å². The van der Waals surface area contributed by atoms with Crippen LogP contribution in [-0.4, -0.2) is 54.3 Å². The molecule has 3 heterocycles. The first kappa shape index (κ1) is 14.7. The molecule has 2 N–H and O–H groups in total. The van der Waals surface area contributed by atoms with Crippen molar-refractivity contribution in [3.63, 3.8) is 0 Å². The largest absolute Gasteiger partial charge is 0.371 e. The second-order valence-electron chi connectivity index (χ2n) is 4.96. The number of nitrogens with zero attached hydrogens (tertiary/aromatic N) is 1. The van der Waals surface area contributed by atoms with E-state index in [1.807, 2.05) is 0 Å². The summed E-state index contributed by atoms with van der Waals surface area (Å²) < 4.78 is 11.3. The number of hydrogen-bond acceptors (Lipinski definition) is 6. The summed E-state index contributed by atoms with van der Waals surface area (Å²) in [5.74, 6) is -0.425. The average Bonchev–Trinajstić information content (AvgIpc) is 3.09. The van der Waals surface area contributed by atoms with Crippen LogP contribution in [0.3, 0.4) is 0 Å². The maximum Gasteiger partial charge on any atom is 0.280 e. The van der Waals surface area contributed by atoms with E-state index < -0.39 is 0 Å². The molecule has 2 fully saturated rings. The lowest BCUT2D eigenvalue weighted by molar-refractivity contribution is -0.120. The van der Waals surface area contributed by atoms with E-state index in [0.717, 1.165) is 0 Å². The molecular weight excluding hydrogens is 318 g/mol. The molecule has 9 heteroatoms. The van der Waals surface area contributed by atoms with Gasteiger partial charge in [0.05, 0.1) is 25.3 Å². The third-order valence-electron chi connectivity index (χ3n) is 3.43. The van der Waals surface area contributed by atoms with E-state index in [2.05, 4.69) is 15.6 Å². The molecule has 0 bridgehead atoms. The van der Waals surface area contributed by atoms with E-state index in [4.69, 9.17) is 21.1 Å². The molecule has 2 aliphatic heterocycles. The molecule has 0 saturated carbocycles. The van der Waals surface area contributed by atoms with Crippen molar-refractivity contribution in [1.82, 2.24) is 15.6 Å². The van der Waals surface area contributed by atoms with Gasteiger partial charge in [0, 0.05) is 12.3 Å². The predicted molar refractivity (Wildman–Crippen MR) is 75.5 cm³/mol. The molecule has 1 aromatic heterocycles. The Morgan fingerprint density at radius 3 is 2.43 bits per heavy atom. The summed E-state index contributed by atoms with van der Waals surface area (Å²) >= 11 is 6.89. The predicted octanol–water partition coefficient (Wildman–Crippen LogP) is 0.197. The van der Waals surface area contributed by atoms with Gasteiger partial charge in [-0.05, 0) is 0 Å². The highest BCUT2D eigenvalue weighted by atomic mass is 35.5. The van der Waals surface area contributed by atoms with E-state index in [1.165, 1.54) is 18.3 Å². The van der Waals surface area contributed by atoms with Crippen LogP contribution in [0.5, 0.6) is 0 Å². The fourth-order valence-electron chi connectivity index (χ4n) is 2.60.